The predicted molar refractivity (Wildman–Crippen MR) is 235 cm³/mol. The van der Waals surface area contributed by atoms with Gasteiger partial charge in [0.2, 0.25) is 0 Å². The zero-order valence-corrected chi connectivity index (χ0v) is 34.9. The van der Waals surface area contributed by atoms with Crippen LogP contribution in [0.3, 0.4) is 0 Å². The zero-order valence-electron chi connectivity index (χ0n) is 31.1. The molecule has 0 saturated heterocycles. The second-order valence-corrected chi connectivity index (χ2v) is 24.6. The van der Waals surface area contributed by atoms with E-state index in [1.165, 1.54) is 72.6 Å². The first-order chi connectivity index (χ1) is 26.0. The summed E-state index contributed by atoms with van der Waals surface area (Å²) in [6.45, 7) is 1.52. The van der Waals surface area contributed by atoms with Gasteiger partial charge in [-0.25, -0.2) is 5.32 Å². The van der Waals surface area contributed by atoms with E-state index in [0.717, 1.165) is 43.3 Å². The number of unbranched alkanes of at least 4 members (excludes halogenated alkanes) is 7. The number of rotatable bonds is 19. The molecular formula is C45H54ClIN5OP. The molecule has 0 spiro atoms. The van der Waals surface area contributed by atoms with Crippen LogP contribution >= 0.6 is 26.3 Å². The zero-order chi connectivity index (χ0) is 36.6. The quantitative estimate of drug-likeness (QED) is 0.0569. The molecule has 1 unspecified atom stereocenters. The van der Waals surface area contributed by atoms with E-state index in [0.29, 0.717) is 5.96 Å². The maximum absolute atomic E-state index is 6.11. The van der Waals surface area contributed by atoms with Crippen molar-refractivity contribution in [3.63, 3.8) is 0 Å². The van der Waals surface area contributed by atoms with Crippen molar-refractivity contribution in [1.29, 1.82) is 0 Å². The van der Waals surface area contributed by atoms with Crippen LogP contribution in [0, 0.1) is 0 Å². The van der Waals surface area contributed by atoms with E-state index in [9.17, 15) is 0 Å². The van der Waals surface area contributed by atoms with E-state index in [-0.39, 0.29) is 18.6 Å². The Morgan fingerprint density at radius 2 is 1.11 bits per heavy atom. The molecule has 0 bridgehead atoms. The molecule has 1 aliphatic heterocycles. The molecule has 1 aliphatic rings. The topological polar surface area (TPSA) is 85.6 Å². The molecule has 0 aliphatic carbocycles. The van der Waals surface area contributed by atoms with Gasteiger partial charge in [0.25, 0.3) is 5.96 Å². The third-order valence-electron chi connectivity index (χ3n) is 10.2. The number of nitrogens with one attached hydrogen (secondary N) is 3. The number of halogens is 2. The first kappa shape index (κ1) is 41.3. The third kappa shape index (κ3) is 10.6. The van der Waals surface area contributed by atoms with Crippen molar-refractivity contribution in [3.05, 3.63) is 157 Å². The molecule has 6 nitrogen and oxygen atoms in total. The van der Waals surface area contributed by atoms with E-state index in [2.05, 4.69) is 170 Å². The fourth-order valence-electron chi connectivity index (χ4n) is 7.29. The van der Waals surface area contributed by atoms with Gasteiger partial charge in [-0.3, -0.25) is 10.3 Å². The number of aliphatic imine (C=N–C) groups is 1. The molecular weight excluding hydrogens is 820 g/mol. The van der Waals surface area contributed by atoms with Gasteiger partial charge in [-0.15, -0.1) is 0 Å². The van der Waals surface area contributed by atoms with Crippen LogP contribution in [0.15, 0.2) is 151 Å². The van der Waals surface area contributed by atoms with Crippen molar-refractivity contribution >= 4 is 54.1 Å². The maximum Gasteiger partial charge on any atom is 0.352 e. The number of benzene rings is 5. The number of ether oxygens (including phenoxy) is 1. The van der Waals surface area contributed by atoms with E-state index < -0.39 is 4.25 Å². The monoisotopic (exact) mass is 873 g/mol. The third-order valence-corrected chi connectivity index (χ3v) is 21.9. The molecule has 6 rings (SSSR count). The number of nitrogens with zero attached hydrogens (tertiary/aromatic N) is 1. The molecule has 54 heavy (non-hydrogen) atoms. The average molecular weight is 874 g/mol. The van der Waals surface area contributed by atoms with E-state index in [1.54, 1.807) is 0 Å². The molecule has 0 fully saturated rings. The minimum Gasteiger partial charge on any atom is -1.00 e. The SMILES string of the molecule is NC1=NC(c2ccc(OCCCCCCCCCCP(I)(c3ccccc3)(c3ccccc3)c3ccccc3)cc2)NC(=[NH+]CCc2ccccc2)N1.[Cl-]. The van der Waals surface area contributed by atoms with Gasteiger partial charge in [0.15, 0.2) is 6.17 Å². The van der Waals surface area contributed by atoms with Crippen molar-refractivity contribution < 1.29 is 22.1 Å². The summed E-state index contributed by atoms with van der Waals surface area (Å²) >= 11 is 2.92. The molecule has 1 heterocycles. The Bertz CT molecular complexity index is 1800. The van der Waals surface area contributed by atoms with Gasteiger partial charge in [-0.1, -0.05) is 30.3 Å². The van der Waals surface area contributed by atoms with Crippen LogP contribution < -0.4 is 54.4 Å². The summed E-state index contributed by atoms with van der Waals surface area (Å²) in [5.74, 6) is 2.05. The molecule has 9 heteroatoms. The molecule has 5 aromatic carbocycles. The Kier molecular flexibility index (Phi) is 15.8. The van der Waals surface area contributed by atoms with Crippen LogP contribution in [0.2, 0.25) is 0 Å². The Labute approximate surface area is 341 Å². The summed E-state index contributed by atoms with van der Waals surface area (Å²) in [5, 5.41) is 10.9. The Balaban J connectivity index is 0.00000561. The Hall–Kier alpha value is -3.91. The minimum absolute atomic E-state index is 0. The standard InChI is InChI=1S/C45H53IN5OP.ClH/c46-53(40-23-13-8-14-24-40,41-25-15-9-16-26-41,42-27-17-10-18-28-42)36-20-6-4-2-1-3-5-19-35-52-39-31-29-38(30-32-39)43-49-44(47)51-45(50-43)48-34-33-37-21-11-7-12-22-37;/h7-18,21-32,43H,1-6,19-20,33-36H2,(H4,47,48,49,50,51);1H. The van der Waals surface area contributed by atoms with Gasteiger partial charge in [-0.05, 0) is 29.8 Å². The second-order valence-electron chi connectivity index (χ2n) is 13.9. The normalized spacial score (nSPS) is 15.5. The Morgan fingerprint density at radius 1 is 0.630 bits per heavy atom. The summed E-state index contributed by atoms with van der Waals surface area (Å²) in [6, 6.07) is 52.5. The average Bonchev–Trinajstić information content (AvgIpc) is 3.21. The number of hydrogen-bond donors (Lipinski definition) is 4. The molecule has 0 saturated carbocycles. The van der Waals surface area contributed by atoms with Gasteiger partial charge in [0.05, 0.1) is 6.54 Å². The Morgan fingerprint density at radius 3 is 1.65 bits per heavy atom. The van der Waals surface area contributed by atoms with Gasteiger partial charge >= 0.3 is 214 Å². The van der Waals surface area contributed by atoms with Gasteiger partial charge < -0.3 is 18.1 Å². The summed E-state index contributed by atoms with van der Waals surface area (Å²) in [7, 11) is 0. The van der Waals surface area contributed by atoms with Crippen LogP contribution in [0.4, 0.5) is 0 Å². The smallest absolute Gasteiger partial charge is 0.352 e. The summed E-state index contributed by atoms with van der Waals surface area (Å²) in [4.78, 5) is 7.96. The van der Waals surface area contributed by atoms with Gasteiger partial charge in [0, 0.05) is 12.0 Å². The molecule has 5 aromatic rings. The van der Waals surface area contributed by atoms with Crippen molar-refractivity contribution in [3.8, 4) is 5.75 Å². The van der Waals surface area contributed by atoms with E-state index in [1.807, 2.05) is 18.2 Å². The second kappa shape index (κ2) is 20.7. The summed E-state index contributed by atoms with van der Waals surface area (Å²) < 4.78 is 3.43. The number of guanidine groups is 2. The molecule has 284 valence electrons. The first-order valence-electron chi connectivity index (χ1n) is 19.2. The molecule has 1 atom stereocenters. The molecule has 5 N–H and O–H groups in total. The molecule has 0 amide bonds. The van der Waals surface area contributed by atoms with E-state index >= 15 is 0 Å². The van der Waals surface area contributed by atoms with Crippen LogP contribution in [0.25, 0.3) is 0 Å². The molecule has 0 aromatic heterocycles. The summed E-state index contributed by atoms with van der Waals surface area (Å²) in [6.07, 6.45) is 11.7. The van der Waals surface area contributed by atoms with Crippen molar-refractivity contribution in [2.45, 2.75) is 64.0 Å². The van der Waals surface area contributed by atoms with Gasteiger partial charge in [-0.2, -0.15) is 4.99 Å². The van der Waals surface area contributed by atoms with Crippen LogP contribution in [-0.2, 0) is 6.42 Å². The maximum atomic E-state index is 6.11. The van der Waals surface area contributed by atoms with Gasteiger partial charge in [0.1, 0.15) is 0 Å². The van der Waals surface area contributed by atoms with Crippen LogP contribution in [-0.4, -0.2) is 31.2 Å². The van der Waals surface area contributed by atoms with Crippen LogP contribution in [0.5, 0.6) is 5.75 Å². The summed E-state index contributed by atoms with van der Waals surface area (Å²) in [5.41, 5.74) is 8.43. The van der Waals surface area contributed by atoms with Crippen molar-refractivity contribution in [1.82, 2.24) is 10.6 Å². The number of nitrogens with two attached hydrogens (primary N) is 1. The minimum atomic E-state index is -2.65. The first-order valence-corrected chi connectivity index (χ1v) is 24.4. The fraction of sp³-hybridized carbons (Fsp3) is 0.289. The van der Waals surface area contributed by atoms with Crippen LogP contribution in [0.1, 0.15) is 68.7 Å². The number of hydrogen-bond acceptors (Lipinski definition) is 3. The molecule has 0 radical (unpaired) electrons. The fourth-order valence-corrected chi connectivity index (χ4v) is 16.1. The largest absolute Gasteiger partial charge is 1.00 e. The van der Waals surface area contributed by atoms with Crippen molar-refractivity contribution in [2.75, 3.05) is 19.3 Å². The predicted octanol–water partition coefficient (Wildman–Crippen LogP) is 4.26. The van der Waals surface area contributed by atoms with E-state index in [4.69, 9.17) is 10.5 Å². The van der Waals surface area contributed by atoms with Crippen molar-refractivity contribution in [2.24, 2.45) is 10.7 Å².